The predicted molar refractivity (Wildman–Crippen MR) is 72.7 cm³/mol. The normalized spacial score (nSPS) is 11.4. The first-order chi connectivity index (χ1) is 7.97. The average Bonchev–Trinajstić information content (AvgIpc) is 2.34. The van der Waals surface area contributed by atoms with Gasteiger partial charge in [-0.2, -0.15) is 0 Å². The molecule has 0 aliphatic heterocycles. The Kier molecular flexibility index (Phi) is 6.55. The topological polar surface area (TPSA) is 37.3 Å². The fourth-order valence-electron chi connectivity index (χ4n) is 1.60. The summed E-state index contributed by atoms with van der Waals surface area (Å²) < 4.78 is 0. The first-order valence-corrected chi connectivity index (χ1v) is 6.31. The zero-order valence-corrected chi connectivity index (χ0v) is 11.8. The van der Waals surface area contributed by atoms with Gasteiger partial charge in [-0.1, -0.05) is 33.8 Å². The summed E-state index contributed by atoms with van der Waals surface area (Å²) in [6.07, 6.45) is 0.797. The summed E-state index contributed by atoms with van der Waals surface area (Å²) in [6.45, 7) is 11.6. The number of Topliss-reactive ketones (excluding diaryl/α,β-unsaturated/α-hetero) is 1. The van der Waals surface area contributed by atoms with E-state index in [9.17, 15) is 9.90 Å². The van der Waals surface area contributed by atoms with Gasteiger partial charge in [0.25, 0.3) is 0 Å². The zero-order chi connectivity index (χ0) is 13.6. The van der Waals surface area contributed by atoms with Crippen LogP contribution in [-0.4, -0.2) is 10.9 Å². The molecule has 1 aromatic carbocycles. The molecule has 0 saturated carbocycles. The number of rotatable bonds is 3. The molecule has 0 heterocycles. The second kappa shape index (κ2) is 7.10. The van der Waals surface area contributed by atoms with Gasteiger partial charge in [-0.25, -0.2) is 0 Å². The van der Waals surface area contributed by atoms with E-state index in [0.29, 0.717) is 5.56 Å². The summed E-state index contributed by atoms with van der Waals surface area (Å²) in [7, 11) is 0. The Morgan fingerprint density at radius 3 is 2.29 bits per heavy atom. The van der Waals surface area contributed by atoms with Crippen molar-refractivity contribution >= 4 is 5.78 Å². The molecular formula is C15H24O2. The fraction of sp³-hybridized carbons (Fsp3) is 0.533. The quantitative estimate of drug-likeness (QED) is 0.796. The van der Waals surface area contributed by atoms with E-state index >= 15 is 0 Å². The van der Waals surface area contributed by atoms with Gasteiger partial charge in [-0.15, -0.1) is 0 Å². The molecular weight excluding hydrogens is 212 g/mol. The molecule has 0 aliphatic rings. The van der Waals surface area contributed by atoms with Gasteiger partial charge < -0.3 is 5.11 Å². The van der Waals surface area contributed by atoms with Gasteiger partial charge in [0.05, 0.1) is 5.56 Å². The smallest absolute Gasteiger partial charge is 0.169 e. The Morgan fingerprint density at radius 2 is 1.82 bits per heavy atom. The summed E-state index contributed by atoms with van der Waals surface area (Å²) >= 11 is 0. The van der Waals surface area contributed by atoms with Gasteiger partial charge in [-0.05, 0) is 37.5 Å². The third kappa shape index (κ3) is 3.88. The van der Waals surface area contributed by atoms with Crippen LogP contribution in [0.15, 0.2) is 12.1 Å². The standard InChI is InChI=1S/C13H18O2.C2H6/c1-5-9(3)12(14)11-7-8(2)6-10(4)13(11)15;1-2/h6-7,9,15H,5H2,1-4H3;1-2H3. The number of hydrogen-bond acceptors (Lipinski definition) is 2. The van der Waals surface area contributed by atoms with Crippen LogP contribution in [0.2, 0.25) is 0 Å². The van der Waals surface area contributed by atoms with Crippen LogP contribution < -0.4 is 0 Å². The molecule has 0 aliphatic carbocycles. The number of carbonyl (C=O) groups excluding carboxylic acids is 1. The van der Waals surface area contributed by atoms with E-state index in [-0.39, 0.29) is 17.5 Å². The highest BCUT2D eigenvalue weighted by Crippen LogP contribution is 2.26. The van der Waals surface area contributed by atoms with Crippen LogP contribution in [0.25, 0.3) is 0 Å². The van der Waals surface area contributed by atoms with Gasteiger partial charge >= 0.3 is 0 Å². The zero-order valence-electron chi connectivity index (χ0n) is 11.8. The second-order valence-electron chi connectivity index (χ2n) is 4.15. The summed E-state index contributed by atoms with van der Waals surface area (Å²) in [5.74, 6) is 0.129. The van der Waals surface area contributed by atoms with E-state index in [1.807, 2.05) is 47.6 Å². The predicted octanol–water partition coefficient (Wildman–Crippen LogP) is 4.26. The number of benzene rings is 1. The van der Waals surface area contributed by atoms with Crippen LogP contribution in [0, 0.1) is 19.8 Å². The molecule has 17 heavy (non-hydrogen) atoms. The fourth-order valence-corrected chi connectivity index (χ4v) is 1.60. The molecule has 1 atom stereocenters. The molecule has 1 N–H and O–H groups in total. The van der Waals surface area contributed by atoms with Crippen molar-refractivity contribution in [2.24, 2.45) is 5.92 Å². The SMILES string of the molecule is CC.CCC(C)C(=O)c1cc(C)cc(C)c1O. The lowest BCUT2D eigenvalue weighted by Gasteiger charge is -2.11. The van der Waals surface area contributed by atoms with E-state index in [1.54, 1.807) is 6.07 Å². The molecule has 0 amide bonds. The number of aryl methyl sites for hydroxylation is 2. The van der Waals surface area contributed by atoms with Crippen LogP contribution in [0.3, 0.4) is 0 Å². The third-order valence-corrected chi connectivity index (χ3v) is 2.77. The lowest BCUT2D eigenvalue weighted by molar-refractivity contribution is 0.0924. The molecule has 0 bridgehead atoms. The largest absolute Gasteiger partial charge is 0.507 e. The minimum absolute atomic E-state index is 0.0294. The maximum Gasteiger partial charge on any atom is 0.169 e. The number of carbonyl (C=O) groups is 1. The van der Waals surface area contributed by atoms with Crippen molar-refractivity contribution in [1.82, 2.24) is 0 Å². The van der Waals surface area contributed by atoms with E-state index in [0.717, 1.165) is 17.5 Å². The van der Waals surface area contributed by atoms with Crippen molar-refractivity contribution < 1.29 is 9.90 Å². The van der Waals surface area contributed by atoms with Crippen molar-refractivity contribution in [2.45, 2.75) is 48.0 Å². The van der Waals surface area contributed by atoms with Crippen LogP contribution in [0.5, 0.6) is 5.75 Å². The van der Waals surface area contributed by atoms with Crippen molar-refractivity contribution in [1.29, 1.82) is 0 Å². The van der Waals surface area contributed by atoms with E-state index in [1.165, 1.54) is 0 Å². The second-order valence-corrected chi connectivity index (χ2v) is 4.15. The molecule has 0 fully saturated rings. The number of hydrogen-bond donors (Lipinski definition) is 1. The van der Waals surface area contributed by atoms with E-state index in [4.69, 9.17) is 0 Å². The maximum absolute atomic E-state index is 11.9. The lowest BCUT2D eigenvalue weighted by atomic mass is 9.94. The molecule has 1 unspecified atom stereocenters. The van der Waals surface area contributed by atoms with Gasteiger partial charge in [0.15, 0.2) is 5.78 Å². The minimum atomic E-state index is -0.0305. The molecule has 0 radical (unpaired) electrons. The van der Waals surface area contributed by atoms with Gasteiger partial charge in [0.2, 0.25) is 0 Å². The third-order valence-electron chi connectivity index (χ3n) is 2.77. The molecule has 96 valence electrons. The first-order valence-electron chi connectivity index (χ1n) is 6.31. The van der Waals surface area contributed by atoms with Gasteiger partial charge in [0, 0.05) is 5.92 Å². The number of aromatic hydroxyl groups is 1. The van der Waals surface area contributed by atoms with Crippen molar-refractivity contribution in [2.75, 3.05) is 0 Å². The van der Waals surface area contributed by atoms with Crippen LogP contribution in [0.4, 0.5) is 0 Å². The monoisotopic (exact) mass is 236 g/mol. The average molecular weight is 236 g/mol. The number of phenols is 1. The Morgan fingerprint density at radius 1 is 1.29 bits per heavy atom. The summed E-state index contributed by atoms with van der Waals surface area (Å²) in [5.41, 5.74) is 2.24. The number of ketones is 1. The lowest BCUT2D eigenvalue weighted by Crippen LogP contribution is -2.11. The Balaban J connectivity index is 0.00000121. The Hall–Kier alpha value is -1.31. The molecule has 1 rings (SSSR count). The van der Waals surface area contributed by atoms with Crippen LogP contribution >= 0.6 is 0 Å². The van der Waals surface area contributed by atoms with E-state index in [2.05, 4.69) is 0 Å². The Bertz CT molecular complexity index is 381. The van der Waals surface area contributed by atoms with Crippen LogP contribution in [0.1, 0.15) is 55.6 Å². The van der Waals surface area contributed by atoms with Crippen molar-refractivity contribution in [3.8, 4) is 5.75 Å². The van der Waals surface area contributed by atoms with Gasteiger partial charge in [-0.3, -0.25) is 4.79 Å². The van der Waals surface area contributed by atoms with Crippen molar-refractivity contribution in [3.63, 3.8) is 0 Å². The maximum atomic E-state index is 11.9. The Labute approximate surface area is 105 Å². The molecule has 0 spiro atoms. The summed E-state index contributed by atoms with van der Waals surface area (Å²) in [6, 6.07) is 3.64. The highest BCUT2D eigenvalue weighted by atomic mass is 16.3. The molecule has 2 heteroatoms. The summed E-state index contributed by atoms with van der Waals surface area (Å²) in [5, 5.41) is 9.82. The summed E-state index contributed by atoms with van der Waals surface area (Å²) in [4.78, 5) is 11.9. The minimum Gasteiger partial charge on any atom is -0.507 e. The first kappa shape index (κ1) is 15.7. The number of phenolic OH excluding ortho intramolecular Hbond substituents is 1. The molecule has 2 nitrogen and oxygen atoms in total. The molecule has 0 aromatic heterocycles. The van der Waals surface area contributed by atoms with Crippen LogP contribution in [-0.2, 0) is 0 Å². The molecule has 0 saturated heterocycles. The highest BCUT2D eigenvalue weighted by Gasteiger charge is 2.18. The van der Waals surface area contributed by atoms with Crippen molar-refractivity contribution in [3.05, 3.63) is 28.8 Å². The molecule has 1 aromatic rings. The highest BCUT2D eigenvalue weighted by molar-refractivity contribution is 6.00. The van der Waals surface area contributed by atoms with E-state index < -0.39 is 0 Å². The van der Waals surface area contributed by atoms with Gasteiger partial charge in [0.1, 0.15) is 5.75 Å².